The highest BCUT2D eigenvalue weighted by Gasteiger charge is 2.52. The topological polar surface area (TPSA) is 142 Å². The Balaban J connectivity index is 1.85. The fourth-order valence-electron chi connectivity index (χ4n) is 5.98. The molecule has 0 amide bonds. The number of hydrogen-bond acceptors (Lipinski definition) is 10. The van der Waals surface area contributed by atoms with Crippen molar-refractivity contribution in [2.45, 2.75) is 38.3 Å². The fourth-order valence-corrected chi connectivity index (χ4v) is 6.84. The molecule has 0 spiro atoms. The third-order valence-corrected chi connectivity index (χ3v) is 8.83. The van der Waals surface area contributed by atoms with Gasteiger partial charge in [0, 0.05) is 39.9 Å². The van der Waals surface area contributed by atoms with Gasteiger partial charge >= 0.3 is 18.1 Å². The molecule has 3 atom stereocenters. The number of Topliss-reactive ketones (excluding diaryl/α,β-unsaturated/α-hetero) is 1. The van der Waals surface area contributed by atoms with Crippen LogP contribution in [0.3, 0.4) is 0 Å². The van der Waals surface area contributed by atoms with Crippen molar-refractivity contribution in [1.29, 1.82) is 0 Å². The number of anilines is 1. The number of hydrogen-bond donors (Lipinski definition) is 1. The summed E-state index contributed by atoms with van der Waals surface area (Å²) in [5.41, 5.74) is 5.08. The molecule has 240 valence electrons. The first-order chi connectivity index (χ1) is 21.9. The zero-order valence-corrected chi connectivity index (χ0v) is 25.4. The highest BCUT2D eigenvalue weighted by atomic mass is 32.1. The van der Waals surface area contributed by atoms with Crippen molar-refractivity contribution >= 4 is 40.4 Å². The minimum absolute atomic E-state index is 0.0305. The van der Waals surface area contributed by atoms with Crippen LogP contribution in [0.4, 0.5) is 24.5 Å². The molecule has 2 aliphatic rings. The van der Waals surface area contributed by atoms with Crippen LogP contribution in [0.5, 0.6) is 0 Å². The van der Waals surface area contributed by atoms with E-state index in [4.69, 9.17) is 15.2 Å². The van der Waals surface area contributed by atoms with Crippen molar-refractivity contribution in [1.82, 2.24) is 0 Å². The molecule has 2 heterocycles. The second-order valence-electron chi connectivity index (χ2n) is 10.5. The number of allylic oxidation sites excluding steroid dienone is 2. The number of ether oxygens (including phenoxy) is 2. The highest BCUT2D eigenvalue weighted by molar-refractivity contribution is 7.10. The summed E-state index contributed by atoms with van der Waals surface area (Å²) in [7, 11) is 0. The zero-order chi connectivity index (χ0) is 33.3. The Bertz CT molecular complexity index is 1770. The molecule has 2 N–H and O–H groups in total. The van der Waals surface area contributed by atoms with Crippen LogP contribution in [-0.2, 0) is 30.0 Å². The average Bonchev–Trinajstić information content (AvgIpc) is 3.55. The van der Waals surface area contributed by atoms with Gasteiger partial charge in [-0.2, -0.15) is 13.2 Å². The van der Waals surface area contributed by atoms with Gasteiger partial charge in [-0.15, -0.1) is 11.3 Å². The minimum atomic E-state index is -4.73. The summed E-state index contributed by atoms with van der Waals surface area (Å²) in [6.07, 6.45) is -4.79. The first-order valence-electron chi connectivity index (χ1n) is 14.2. The Labute approximate surface area is 265 Å². The molecule has 3 unspecified atom stereocenters. The van der Waals surface area contributed by atoms with Crippen molar-refractivity contribution in [3.8, 4) is 0 Å². The lowest BCUT2D eigenvalue weighted by atomic mass is 9.68. The molecule has 0 fully saturated rings. The largest absolute Gasteiger partial charge is 0.465 e. The predicted molar refractivity (Wildman–Crippen MR) is 161 cm³/mol. The van der Waals surface area contributed by atoms with Gasteiger partial charge in [-0.3, -0.25) is 24.6 Å². The van der Waals surface area contributed by atoms with Crippen molar-refractivity contribution in [2.75, 3.05) is 18.1 Å². The van der Waals surface area contributed by atoms with E-state index in [2.05, 4.69) is 0 Å². The van der Waals surface area contributed by atoms with Crippen molar-refractivity contribution in [2.24, 2.45) is 11.7 Å². The van der Waals surface area contributed by atoms with Crippen LogP contribution >= 0.6 is 11.3 Å². The number of ketones is 1. The predicted octanol–water partition coefficient (Wildman–Crippen LogP) is 6.20. The quantitative estimate of drug-likeness (QED) is 0.130. The van der Waals surface area contributed by atoms with Gasteiger partial charge in [0.05, 0.1) is 35.2 Å². The van der Waals surface area contributed by atoms with Crippen molar-refractivity contribution in [3.63, 3.8) is 0 Å². The van der Waals surface area contributed by atoms with E-state index in [1.807, 2.05) is 0 Å². The fraction of sp³-hybridized carbons (Fsp3) is 0.281. The number of carbonyl (C=O) groups is 3. The minimum Gasteiger partial charge on any atom is -0.465 e. The van der Waals surface area contributed by atoms with E-state index in [1.165, 1.54) is 59.6 Å². The Kier molecular flexibility index (Phi) is 9.01. The van der Waals surface area contributed by atoms with E-state index in [1.54, 1.807) is 24.4 Å². The summed E-state index contributed by atoms with van der Waals surface area (Å²) in [5, 5.41) is 13.5. The zero-order valence-electron chi connectivity index (χ0n) is 24.6. The van der Waals surface area contributed by atoms with E-state index in [9.17, 15) is 37.7 Å². The van der Waals surface area contributed by atoms with Crippen molar-refractivity contribution in [3.05, 3.63) is 115 Å². The number of carbonyl (C=O) groups excluding carboxylic acids is 3. The molecule has 2 aromatic carbocycles. The lowest BCUT2D eigenvalue weighted by molar-refractivity contribution is -0.384. The number of nitro benzene ring substituents is 1. The second kappa shape index (κ2) is 12.8. The standard InChI is InChI=1S/C32H28F3N3O7S/c1-3-44-30(40)25-21(23-12-7-13-46-23)16-22-26(28(25)39)24(17-8-5-11-20(14-17)38(42)43)27(31(41)45-4-2)29(36)37(22)19-10-6-9-18(15-19)32(33,34)35/h5-15,21,24-25H,3-4,16,36H2,1-2H3. The normalized spacial score (nSPS) is 20.0. The van der Waals surface area contributed by atoms with Crippen LogP contribution < -0.4 is 10.6 Å². The van der Waals surface area contributed by atoms with Gasteiger partial charge in [-0.1, -0.05) is 24.3 Å². The molecule has 1 aromatic heterocycles. The summed E-state index contributed by atoms with van der Waals surface area (Å²) in [6.45, 7) is 2.97. The van der Waals surface area contributed by atoms with Gasteiger partial charge in [0.2, 0.25) is 0 Å². The molecular weight excluding hydrogens is 627 g/mol. The summed E-state index contributed by atoms with van der Waals surface area (Å²) in [4.78, 5) is 54.7. The molecule has 10 nitrogen and oxygen atoms in total. The van der Waals surface area contributed by atoms with Crippen LogP contribution in [0.1, 0.15) is 48.1 Å². The number of nitro groups is 1. The first-order valence-corrected chi connectivity index (χ1v) is 15.1. The Morgan fingerprint density at radius 2 is 1.78 bits per heavy atom. The van der Waals surface area contributed by atoms with Crippen LogP contribution in [0.25, 0.3) is 0 Å². The van der Waals surface area contributed by atoms with E-state index in [0.717, 1.165) is 12.1 Å². The van der Waals surface area contributed by atoms with Gasteiger partial charge in [0.25, 0.3) is 5.69 Å². The molecule has 0 radical (unpaired) electrons. The van der Waals surface area contributed by atoms with Gasteiger partial charge in [0.1, 0.15) is 11.7 Å². The number of rotatable bonds is 8. The lowest BCUT2D eigenvalue weighted by Gasteiger charge is -2.43. The third-order valence-electron chi connectivity index (χ3n) is 7.83. The molecular formula is C32H28F3N3O7S. The molecule has 0 saturated heterocycles. The van der Waals surface area contributed by atoms with Crippen LogP contribution in [0.2, 0.25) is 0 Å². The summed E-state index contributed by atoms with van der Waals surface area (Å²) < 4.78 is 52.2. The number of thiophene rings is 1. The maximum atomic E-state index is 14.7. The Morgan fingerprint density at radius 3 is 2.41 bits per heavy atom. The molecule has 0 bridgehead atoms. The molecule has 14 heteroatoms. The number of alkyl halides is 3. The second-order valence-corrected chi connectivity index (χ2v) is 11.4. The molecule has 0 saturated carbocycles. The van der Waals surface area contributed by atoms with Gasteiger partial charge < -0.3 is 15.2 Å². The average molecular weight is 656 g/mol. The summed E-state index contributed by atoms with van der Waals surface area (Å²) >= 11 is 1.29. The van der Waals surface area contributed by atoms with Crippen LogP contribution in [-0.4, -0.2) is 35.9 Å². The summed E-state index contributed by atoms with van der Waals surface area (Å²) in [5.74, 6) is -6.40. The van der Waals surface area contributed by atoms with Gasteiger partial charge in [0.15, 0.2) is 5.78 Å². The number of nitrogens with zero attached hydrogens (tertiary/aromatic N) is 2. The maximum absolute atomic E-state index is 14.7. The summed E-state index contributed by atoms with van der Waals surface area (Å²) in [6, 6.07) is 13.0. The third kappa shape index (κ3) is 5.87. The van der Waals surface area contributed by atoms with Crippen LogP contribution in [0.15, 0.2) is 88.7 Å². The van der Waals surface area contributed by atoms with E-state index in [0.29, 0.717) is 4.88 Å². The number of benzene rings is 2. The number of nitrogens with two attached hydrogens (primary N) is 1. The first kappa shape index (κ1) is 32.4. The molecule has 46 heavy (non-hydrogen) atoms. The number of esters is 2. The van der Waals surface area contributed by atoms with E-state index in [-0.39, 0.29) is 59.2 Å². The monoisotopic (exact) mass is 655 g/mol. The SMILES string of the molecule is CCOC(=O)C1=C(N)N(c2cccc(C(F)(F)F)c2)C2=C(C(=O)C(C(=O)OCC)C(c3cccs3)C2)C1c1cccc([N+](=O)[O-])c1. The highest BCUT2D eigenvalue weighted by Crippen LogP contribution is 2.52. The Morgan fingerprint density at radius 1 is 1.07 bits per heavy atom. The van der Waals surface area contributed by atoms with Crippen LogP contribution in [0, 0.1) is 16.0 Å². The van der Waals surface area contributed by atoms with E-state index < -0.39 is 52.1 Å². The Hall–Kier alpha value is -4.98. The maximum Gasteiger partial charge on any atom is 0.416 e. The van der Waals surface area contributed by atoms with Gasteiger partial charge in [-0.05, 0) is 55.5 Å². The van der Waals surface area contributed by atoms with Crippen molar-refractivity contribution < 1.29 is 42.0 Å². The molecule has 3 aromatic rings. The smallest absolute Gasteiger partial charge is 0.416 e. The number of non-ortho nitro benzene ring substituents is 1. The molecule has 1 aliphatic carbocycles. The van der Waals surface area contributed by atoms with Gasteiger partial charge in [-0.25, -0.2) is 4.79 Å². The number of halogens is 3. The molecule has 5 rings (SSSR count). The lowest BCUT2D eigenvalue weighted by Crippen LogP contribution is -2.46. The van der Waals surface area contributed by atoms with E-state index >= 15 is 0 Å². The molecule has 1 aliphatic heterocycles.